The number of alkyl carbamates (subject to hydrolysis) is 1. The lowest BCUT2D eigenvalue weighted by Crippen LogP contribution is -2.48. The van der Waals surface area contributed by atoms with Gasteiger partial charge in [-0.2, -0.15) is 5.26 Å². The second kappa shape index (κ2) is 9.56. The van der Waals surface area contributed by atoms with Crippen LogP contribution in [0.4, 0.5) is 4.79 Å². The van der Waals surface area contributed by atoms with E-state index in [1.54, 1.807) is 6.92 Å². The van der Waals surface area contributed by atoms with E-state index >= 15 is 0 Å². The van der Waals surface area contributed by atoms with Crippen LogP contribution in [-0.2, 0) is 14.3 Å². The Labute approximate surface area is 198 Å². The van der Waals surface area contributed by atoms with E-state index < -0.39 is 29.4 Å². The summed E-state index contributed by atoms with van der Waals surface area (Å²) in [5.41, 5.74) is 3.72. The topological polar surface area (TPSA) is 120 Å². The molecule has 2 aliphatic rings. The fourth-order valence-corrected chi connectivity index (χ4v) is 4.77. The van der Waals surface area contributed by atoms with Gasteiger partial charge < -0.3 is 20.1 Å². The molecular weight excluding hydrogens is 434 g/mol. The van der Waals surface area contributed by atoms with Crippen molar-refractivity contribution in [1.82, 2.24) is 10.2 Å². The lowest BCUT2D eigenvalue weighted by Gasteiger charge is -2.25. The Morgan fingerprint density at radius 2 is 1.79 bits per heavy atom. The molecule has 8 nitrogen and oxygen atoms in total. The summed E-state index contributed by atoms with van der Waals surface area (Å²) in [6.45, 7) is 2.51. The highest BCUT2D eigenvalue weighted by Gasteiger charge is 2.39. The number of benzene rings is 2. The highest BCUT2D eigenvalue weighted by molar-refractivity contribution is 5.86. The van der Waals surface area contributed by atoms with Crippen molar-refractivity contribution in [2.75, 3.05) is 19.7 Å². The van der Waals surface area contributed by atoms with Crippen molar-refractivity contribution < 1.29 is 24.2 Å². The predicted molar refractivity (Wildman–Crippen MR) is 124 cm³/mol. The maximum atomic E-state index is 13.0. The first-order chi connectivity index (χ1) is 16.3. The molecule has 176 valence electrons. The summed E-state index contributed by atoms with van der Waals surface area (Å²) < 4.78 is 5.53. The van der Waals surface area contributed by atoms with E-state index in [1.807, 2.05) is 48.5 Å². The van der Waals surface area contributed by atoms with Gasteiger partial charge in [0.2, 0.25) is 5.91 Å². The molecule has 34 heavy (non-hydrogen) atoms. The minimum atomic E-state index is -1.06. The first kappa shape index (κ1) is 23.3. The van der Waals surface area contributed by atoms with Crippen LogP contribution in [-0.4, -0.2) is 53.7 Å². The molecule has 0 aromatic heterocycles. The van der Waals surface area contributed by atoms with Crippen LogP contribution in [0.25, 0.3) is 11.1 Å². The second-order valence-corrected chi connectivity index (χ2v) is 9.14. The van der Waals surface area contributed by atoms with Gasteiger partial charge in [-0.25, -0.2) is 4.79 Å². The molecule has 2 atom stereocenters. The van der Waals surface area contributed by atoms with Gasteiger partial charge >= 0.3 is 12.1 Å². The number of nitrogens with zero attached hydrogens (tertiary/aromatic N) is 2. The van der Waals surface area contributed by atoms with E-state index in [0.29, 0.717) is 13.0 Å². The van der Waals surface area contributed by atoms with Gasteiger partial charge in [0.25, 0.3) is 0 Å². The van der Waals surface area contributed by atoms with Crippen molar-refractivity contribution in [1.29, 1.82) is 5.26 Å². The van der Waals surface area contributed by atoms with Crippen LogP contribution in [0.5, 0.6) is 0 Å². The summed E-state index contributed by atoms with van der Waals surface area (Å²) in [7, 11) is 0. The van der Waals surface area contributed by atoms with Crippen molar-refractivity contribution in [3.8, 4) is 17.2 Å². The molecule has 1 heterocycles. The Balaban J connectivity index is 1.43. The van der Waals surface area contributed by atoms with Crippen molar-refractivity contribution in [3.05, 3.63) is 59.7 Å². The van der Waals surface area contributed by atoms with E-state index in [0.717, 1.165) is 22.3 Å². The van der Waals surface area contributed by atoms with E-state index in [9.17, 15) is 19.6 Å². The van der Waals surface area contributed by atoms with E-state index in [1.165, 1.54) is 4.90 Å². The van der Waals surface area contributed by atoms with Gasteiger partial charge in [0.05, 0.1) is 11.5 Å². The average molecular weight is 462 g/mol. The van der Waals surface area contributed by atoms with Gasteiger partial charge in [0, 0.05) is 25.4 Å². The summed E-state index contributed by atoms with van der Waals surface area (Å²) in [6, 6.07) is 17.1. The molecule has 2 aromatic carbocycles. The van der Waals surface area contributed by atoms with Crippen LogP contribution in [0.3, 0.4) is 0 Å². The van der Waals surface area contributed by atoms with Crippen molar-refractivity contribution in [2.24, 2.45) is 5.41 Å². The predicted octanol–water partition coefficient (Wildman–Crippen LogP) is 3.52. The van der Waals surface area contributed by atoms with Gasteiger partial charge in [0.15, 0.2) is 0 Å². The third-order valence-corrected chi connectivity index (χ3v) is 6.64. The first-order valence-electron chi connectivity index (χ1n) is 11.3. The molecule has 0 saturated carbocycles. The number of rotatable bonds is 7. The maximum absolute atomic E-state index is 13.0. The first-order valence-corrected chi connectivity index (χ1v) is 11.3. The highest BCUT2D eigenvalue weighted by Crippen LogP contribution is 2.44. The second-order valence-electron chi connectivity index (χ2n) is 9.14. The molecule has 4 rings (SSSR count). The normalized spacial score (nSPS) is 19.6. The van der Waals surface area contributed by atoms with Gasteiger partial charge in [-0.1, -0.05) is 48.5 Å². The molecule has 0 spiro atoms. The number of hydrogen-bond donors (Lipinski definition) is 2. The number of carbonyl (C=O) groups is 3. The molecule has 0 bridgehead atoms. The zero-order valence-corrected chi connectivity index (χ0v) is 19.0. The van der Waals surface area contributed by atoms with Crippen LogP contribution in [0.1, 0.15) is 43.2 Å². The Kier molecular flexibility index (Phi) is 6.55. The SMILES string of the molecule is CC1(C#N)CCN(C(=O)C(CCC(=O)O)NC(=O)OCC2c3ccccc3-c3ccccc32)C1. The number of fused-ring (bicyclic) bond motifs is 3. The van der Waals surface area contributed by atoms with Gasteiger partial charge in [0.1, 0.15) is 12.6 Å². The van der Waals surface area contributed by atoms with E-state index in [4.69, 9.17) is 9.84 Å². The monoisotopic (exact) mass is 461 g/mol. The summed E-state index contributed by atoms with van der Waals surface area (Å²) in [4.78, 5) is 38.3. The van der Waals surface area contributed by atoms with Gasteiger partial charge in [-0.15, -0.1) is 0 Å². The molecule has 2 N–H and O–H groups in total. The van der Waals surface area contributed by atoms with Gasteiger partial charge in [-0.05, 0) is 42.0 Å². The minimum absolute atomic E-state index is 0.0574. The largest absolute Gasteiger partial charge is 0.481 e. The number of amides is 2. The molecule has 1 fully saturated rings. The van der Waals surface area contributed by atoms with Crippen molar-refractivity contribution in [3.63, 3.8) is 0 Å². The highest BCUT2D eigenvalue weighted by atomic mass is 16.5. The Hall–Kier alpha value is -3.86. The Morgan fingerprint density at radius 1 is 1.18 bits per heavy atom. The summed E-state index contributed by atoms with van der Waals surface area (Å²) in [5, 5.41) is 21.0. The van der Waals surface area contributed by atoms with Crippen LogP contribution in [0, 0.1) is 16.7 Å². The summed E-state index contributed by atoms with van der Waals surface area (Å²) in [6.07, 6.45) is -0.569. The minimum Gasteiger partial charge on any atom is -0.481 e. The van der Waals surface area contributed by atoms with Crippen molar-refractivity contribution in [2.45, 2.75) is 38.1 Å². The molecular formula is C26H27N3O5. The number of ether oxygens (including phenoxy) is 1. The van der Waals surface area contributed by atoms with E-state index in [2.05, 4.69) is 11.4 Å². The number of aliphatic carboxylic acids is 1. The third kappa shape index (κ3) is 4.74. The average Bonchev–Trinajstić information content (AvgIpc) is 3.39. The Bertz CT molecular complexity index is 1110. The Morgan fingerprint density at radius 3 is 2.35 bits per heavy atom. The molecule has 8 heteroatoms. The lowest BCUT2D eigenvalue weighted by molar-refractivity contribution is -0.137. The smallest absolute Gasteiger partial charge is 0.407 e. The number of carboxylic acid groups (broad SMARTS) is 1. The third-order valence-electron chi connectivity index (χ3n) is 6.64. The van der Waals surface area contributed by atoms with Crippen LogP contribution >= 0.6 is 0 Å². The molecule has 2 aromatic rings. The number of likely N-dealkylation sites (tertiary alicyclic amines) is 1. The van der Waals surface area contributed by atoms with Gasteiger partial charge in [-0.3, -0.25) is 9.59 Å². The number of nitriles is 1. The lowest BCUT2D eigenvalue weighted by atomic mass is 9.92. The summed E-state index contributed by atoms with van der Waals surface area (Å²) >= 11 is 0. The fraction of sp³-hybridized carbons (Fsp3) is 0.385. The number of carbonyl (C=O) groups excluding carboxylic acids is 2. The maximum Gasteiger partial charge on any atom is 0.407 e. The number of nitrogens with one attached hydrogen (secondary N) is 1. The number of hydrogen-bond acceptors (Lipinski definition) is 5. The molecule has 1 aliphatic heterocycles. The molecule has 1 aliphatic carbocycles. The standard InChI is InChI=1S/C26H27N3O5/c1-26(15-27)12-13-29(16-26)24(32)22(10-11-23(30)31)28-25(33)34-14-21-19-8-4-2-6-17(19)18-7-3-5-9-20(18)21/h2-9,21-22H,10-14,16H2,1H3,(H,28,33)(H,30,31). The van der Waals surface area contributed by atoms with Crippen LogP contribution in [0.2, 0.25) is 0 Å². The zero-order valence-electron chi connectivity index (χ0n) is 19.0. The van der Waals surface area contributed by atoms with Crippen LogP contribution < -0.4 is 5.32 Å². The zero-order chi connectivity index (χ0) is 24.3. The van der Waals surface area contributed by atoms with E-state index in [-0.39, 0.29) is 31.9 Å². The van der Waals surface area contributed by atoms with Crippen LogP contribution in [0.15, 0.2) is 48.5 Å². The molecule has 0 radical (unpaired) electrons. The molecule has 1 saturated heterocycles. The fourth-order valence-electron chi connectivity index (χ4n) is 4.77. The molecule has 2 amide bonds. The summed E-state index contributed by atoms with van der Waals surface area (Å²) in [5.74, 6) is -1.58. The van der Waals surface area contributed by atoms with Crippen molar-refractivity contribution >= 4 is 18.0 Å². The molecule has 2 unspecified atom stereocenters. The number of carboxylic acids is 1. The quantitative estimate of drug-likeness (QED) is 0.651.